The number of hydrazone groups is 1. The van der Waals surface area contributed by atoms with Gasteiger partial charge in [0.1, 0.15) is 17.9 Å². The number of rotatable bonds is 7. The van der Waals surface area contributed by atoms with Crippen molar-refractivity contribution in [1.82, 2.24) is 14.9 Å². The lowest BCUT2D eigenvalue weighted by atomic mass is 9.95. The third kappa shape index (κ3) is 4.77. The highest BCUT2D eigenvalue weighted by Gasteiger charge is 2.23. The highest BCUT2D eigenvalue weighted by Crippen LogP contribution is 2.36. The van der Waals surface area contributed by atoms with Crippen LogP contribution in [-0.4, -0.2) is 27.8 Å². The van der Waals surface area contributed by atoms with Gasteiger partial charge in [-0.1, -0.05) is 43.5 Å². The van der Waals surface area contributed by atoms with E-state index in [1.165, 1.54) is 19.3 Å². The standard InChI is InChI=1S/C27H30N6O2/c28-25(32-29)19-8-6-18(7-9-19)12-14-30-27(34)20-10-11-24-23(16-20)31-26(21-13-15-35-17-21)33(24)22-4-2-1-3-5-22/h6-11,13,15-17,22H,1-5,12,14,29H2,(H2,28,32)(H,30,34). The summed E-state index contributed by atoms with van der Waals surface area (Å²) in [5.74, 6) is 6.31. The van der Waals surface area contributed by atoms with Gasteiger partial charge in [-0.25, -0.2) is 4.98 Å². The second-order valence-corrected chi connectivity index (χ2v) is 9.03. The number of hydrogen-bond donors (Lipinski definition) is 3. The molecule has 180 valence electrons. The zero-order valence-electron chi connectivity index (χ0n) is 19.6. The summed E-state index contributed by atoms with van der Waals surface area (Å²) in [6.45, 7) is 0.521. The molecule has 4 aromatic rings. The van der Waals surface area contributed by atoms with Crippen molar-refractivity contribution in [2.45, 2.75) is 44.6 Å². The maximum atomic E-state index is 12.9. The Bertz CT molecular complexity index is 1330. The van der Waals surface area contributed by atoms with Crippen molar-refractivity contribution in [3.8, 4) is 11.4 Å². The molecule has 0 spiro atoms. The molecule has 1 saturated carbocycles. The molecule has 1 aliphatic rings. The van der Waals surface area contributed by atoms with Gasteiger partial charge in [0.25, 0.3) is 5.91 Å². The monoisotopic (exact) mass is 470 g/mol. The van der Waals surface area contributed by atoms with E-state index in [0.29, 0.717) is 30.4 Å². The highest BCUT2D eigenvalue weighted by atomic mass is 16.3. The van der Waals surface area contributed by atoms with Gasteiger partial charge in [0, 0.05) is 23.7 Å². The number of carbonyl (C=O) groups excluding carboxylic acids is 1. The van der Waals surface area contributed by atoms with Gasteiger partial charge in [0.15, 0.2) is 0 Å². The number of hydrogen-bond acceptors (Lipinski definition) is 5. The van der Waals surface area contributed by atoms with Gasteiger partial charge in [-0.05, 0) is 49.1 Å². The fraction of sp³-hybridized carbons (Fsp3) is 0.296. The SMILES string of the molecule is N/N=C(\N)c1ccc(CCNC(=O)c2ccc3c(c2)nc(-c2ccoc2)n3C2CCCCC2)cc1. The molecule has 0 aliphatic heterocycles. The van der Waals surface area contributed by atoms with Gasteiger partial charge in [0.05, 0.1) is 22.9 Å². The number of imidazole rings is 1. The van der Waals surface area contributed by atoms with E-state index in [1.54, 1.807) is 12.5 Å². The molecule has 2 heterocycles. The lowest BCUT2D eigenvalue weighted by molar-refractivity contribution is 0.0954. The van der Waals surface area contributed by atoms with Crippen LogP contribution in [-0.2, 0) is 6.42 Å². The van der Waals surface area contributed by atoms with Gasteiger partial charge in [-0.2, -0.15) is 5.10 Å². The highest BCUT2D eigenvalue weighted by molar-refractivity contribution is 5.98. The molecule has 1 aliphatic carbocycles. The van der Waals surface area contributed by atoms with E-state index in [2.05, 4.69) is 15.0 Å². The Kier molecular flexibility index (Phi) is 6.52. The van der Waals surface area contributed by atoms with Crippen LogP contribution in [0, 0.1) is 0 Å². The normalized spacial score (nSPS) is 14.9. The lowest BCUT2D eigenvalue weighted by Crippen LogP contribution is -2.25. The summed E-state index contributed by atoms with van der Waals surface area (Å²) in [5, 5.41) is 6.52. The Morgan fingerprint density at radius 3 is 2.57 bits per heavy atom. The van der Waals surface area contributed by atoms with Crippen LogP contribution in [0.25, 0.3) is 22.4 Å². The van der Waals surface area contributed by atoms with Crippen molar-refractivity contribution in [2.24, 2.45) is 16.7 Å². The number of nitrogens with zero attached hydrogens (tertiary/aromatic N) is 3. The van der Waals surface area contributed by atoms with E-state index in [1.807, 2.05) is 48.5 Å². The molecule has 2 aromatic heterocycles. The van der Waals surface area contributed by atoms with E-state index in [9.17, 15) is 4.79 Å². The first-order valence-electron chi connectivity index (χ1n) is 12.1. The summed E-state index contributed by atoms with van der Waals surface area (Å²) in [7, 11) is 0. The predicted octanol–water partition coefficient (Wildman–Crippen LogP) is 4.35. The zero-order valence-corrected chi connectivity index (χ0v) is 19.6. The quantitative estimate of drug-likeness (QED) is 0.160. The number of amides is 1. The summed E-state index contributed by atoms with van der Waals surface area (Å²) in [4.78, 5) is 17.8. The number of fused-ring (bicyclic) bond motifs is 1. The van der Waals surface area contributed by atoms with Crippen molar-refractivity contribution in [2.75, 3.05) is 6.54 Å². The molecule has 2 aromatic carbocycles. The largest absolute Gasteiger partial charge is 0.472 e. The average molecular weight is 471 g/mol. The molecule has 8 nitrogen and oxygen atoms in total. The number of carbonyl (C=O) groups is 1. The van der Waals surface area contributed by atoms with Crippen LogP contribution in [0.15, 0.2) is 70.6 Å². The Morgan fingerprint density at radius 1 is 1.09 bits per heavy atom. The summed E-state index contributed by atoms with van der Waals surface area (Å²) in [5.41, 5.74) is 11.0. The third-order valence-corrected chi connectivity index (χ3v) is 6.76. The van der Waals surface area contributed by atoms with E-state index < -0.39 is 0 Å². The van der Waals surface area contributed by atoms with Gasteiger partial charge in [0.2, 0.25) is 0 Å². The van der Waals surface area contributed by atoms with Gasteiger partial charge < -0.3 is 25.9 Å². The molecular formula is C27H30N6O2. The number of benzene rings is 2. The molecule has 0 saturated heterocycles. The molecule has 0 bridgehead atoms. The number of nitrogens with two attached hydrogens (primary N) is 2. The third-order valence-electron chi connectivity index (χ3n) is 6.76. The molecule has 1 fully saturated rings. The second-order valence-electron chi connectivity index (χ2n) is 9.03. The minimum absolute atomic E-state index is 0.111. The Balaban J connectivity index is 1.32. The van der Waals surface area contributed by atoms with E-state index in [0.717, 1.165) is 46.4 Å². The van der Waals surface area contributed by atoms with Crippen LogP contribution in [0.3, 0.4) is 0 Å². The average Bonchev–Trinajstić information content (AvgIpc) is 3.56. The molecule has 5 N–H and O–H groups in total. The van der Waals surface area contributed by atoms with Crippen LogP contribution >= 0.6 is 0 Å². The molecular weight excluding hydrogens is 440 g/mol. The van der Waals surface area contributed by atoms with Gasteiger partial charge in [-0.3, -0.25) is 4.79 Å². The smallest absolute Gasteiger partial charge is 0.251 e. The Morgan fingerprint density at radius 2 is 1.86 bits per heavy atom. The minimum atomic E-state index is -0.111. The first-order chi connectivity index (χ1) is 17.1. The van der Waals surface area contributed by atoms with Crippen LogP contribution < -0.4 is 16.9 Å². The first kappa shape index (κ1) is 22.7. The summed E-state index contributed by atoms with van der Waals surface area (Å²) in [6.07, 6.45) is 10.1. The Hall–Kier alpha value is -4.07. The molecule has 8 heteroatoms. The van der Waals surface area contributed by atoms with Crippen molar-refractivity contribution in [1.29, 1.82) is 0 Å². The molecule has 0 radical (unpaired) electrons. The predicted molar refractivity (Wildman–Crippen MR) is 137 cm³/mol. The fourth-order valence-electron chi connectivity index (χ4n) is 4.88. The van der Waals surface area contributed by atoms with Crippen molar-refractivity contribution in [3.63, 3.8) is 0 Å². The van der Waals surface area contributed by atoms with Crippen molar-refractivity contribution in [3.05, 3.63) is 77.7 Å². The fourth-order valence-corrected chi connectivity index (χ4v) is 4.88. The molecule has 5 rings (SSSR count). The molecule has 0 unspecified atom stereocenters. The van der Waals surface area contributed by atoms with Crippen LogP contribution in [0.5, 0.6) is 0 Å². The Labute approximate surface area is 204 Å². The van der Waals surface area contributed by atoms with Gasteiger partial charge in [-0.15, -0.1) is 0 Å². The summed E-state index contributed by atoms with van der Waals surface area (Å²) in [6, 6.07) is 15.8. The van der Waals surface area contributed by atoms with Crippen molar-refractivity contribution < 1.29 is 9.21 Å². The van der Waals surface area contributed by atoms with Crippen LogP contribution in [0.2, 0.25) is 0 Å². The van der Waals surface area contributed by atoms with E-state index >= 15 is 0 Å². The van der Waals surface area contributed by atoms with Crippen LogP contribution in [0.4, 0.5) is 0 Å². The van der Waals surface area contributed by atoms with Crippen molar-refractivity contribution >= 4 is 22.8 Å². The number of furan rings is 1. The second kappa shape index (κ2) is 10.0. The number of nitrogens with one attached hydrogen (secondary N) is 1. The number of amidine groups is 1. The van der Waals surface area contributed by atoms with Gasteiger partial charge >= 0.3 is 0 Å². The minimum Gasteiger partial charge on any atom is -0.472 e. The topological polar surface area (TPSA) is 124 Å². The molecule has 1 amide bonds. The van der Waals surface area contributed by atoms with Crippen LogP contribution in [0.1, 0.15) is 59.6 Å². The maximum absolute atomic E-state index is 12.9. The first-order valence-corrected chi connectivity index (χ1v) is 12.1. The molecule has 35 heavy (non-hydrogen) atoms. The number of aromatic nitrogens is 2. The lowest BCUT2D eigenvalue weighted by Gasteiger charge is -2.25. The summed E-state index contributed by atoms with van der Waals surface area (Å²) >= 11 is 0. The zero-order chi connectivity index (χ0) is 24.2. The molecule has 0 atom stereocenters. The maximum Gasteiger partial charge on any atom is 0.251 e. The van der Waals surface area contributed by atoms with E-state index in [4.69, 9.17) is 21.0 Å². The summed E-state index contributed by atoms with van der Waals surface area (Å²) < 4.78 is 7.68. The van der Waals surface area contributed by atoms with E-state index in [-0.39, 0.29) is 5.91 Å².